The van der Waals surface area contributed by atoms with Crippen molar-refractivity contribution >= 4 is 37.9 Å². The predicted molar refractivity (Wildman–Crippen MR) is 84.5 cm³/mol. The molecule has 1 aliphatic rings. The maximum Gasteiger partial charge on any atom is 0.262 e. The number of thiazole rings is 1. The molecule has 0 aliphatic carbocycles. The molecule has 0 unspecified atom stereocenters. The monoisotopic (exact) mass is 347 g/mol. The predicted octanol–water partition coefficient (Wildman–Crippen LogP) is 3.25. The summed E-state index contributed by atoms with van der Waals surface area (Å²) in [7, 11) is -3.61. The number of hydrogen-bond acceptors (Lipinski definition) is 4. The highest BCUT2D eigenvalue weighted by Gasteiger charge is 2.34. The number of nitrogens with zero attached hydrogens (tertiary/aromatic N) is 3. The molecule has 1 aliphatic heterocycles. The third-order valence-corrected chi connectivity index (χ3v) is 7.12. The van der Waals surface area contributed by atoms with Crippen molar-refractivity contribution < 1.29 is 8.42 Å². The van der Waals surface area contributed by atoms with Gasteiger partial charge in [-0.3, -0.25) is 4.40 Å². The molecule has 3 heterocycles. The molecule has 0 bridgehead atoms. The number of rotatable bonds is 2. The summed E-state index contributed by atoms with van der Waals surface area (Å²) in [5.41, 5.74) is 0.184. The number of fused-ring (bicyclic) bond motifs is 1. The third-order valence-electron chi connectivity index (χ3n) is 4.06. The highest BCUT2D eigenvalue weighted by atomic mass is 35.5. The van der Waals surface area contributed by atoms with E-state index in [4.69, 9.17) is 11.6 Å². The van der Waals surface area contributed by atoms with Crippen LogP contribution in [0.5, 0.6) is 0 Å². The molecule has 0 spiro atoms. The van der Waals surface area contributed by atoms with Gasteiger partial charge in [0.1, 0.15) is 0 Å². The summed E-state index contributed by atoms with van der Waals surface area (Å²) < 4.78 is 29.0. The van der Waals surface area contributed by atoms with E-state index in [1.165, 1.54) is 11.3 Å². The van der Waals surface area contributed by atoms with Gasteiger partial charge in [-0.2, -0.15) is 4.31 Å². The van der Waals surface area contributed by atoms with E-state index in [0.29, 0.717) is 18.1 Å². The van der Waals surface area contributed by atoms with Crippen LogP contribution in [0.15, 0.2) is 16.6 Å². The zero-order chi connectivity index (χ0) is 15.3. The van der Waals surface area contributed by atoms with Gasteiger partial charge in [-0.25, -0.2) is 13.4 Å². The van der Waals surface area contributed by atoms with Crippen molar-refractivity contribution in [2.75, 3.05) is 13.1 Å². The summed E-state index contributed by atoms with van der Waals surface area (Å²) in [5, 5.41) is 1.97. The van der Waals surface area contributed by atoms with E-state index in [-0.39, 0.29) is 15.6 Å². The third kappa shape index (κ3) is 2.72. The lowest BCUT2D eigenvalue weighted by molar-refractivity contribution is 0.314. The van der Waals surface area contributed by atoms with Crippen molar-refractivity contribution in [2.45, 2.75) is 38.1 Å². The molecule has 0 saturated carbocycles. The molecular weight excluding hydrogens is 330 g/mol. The average Bonchev–Trinajstić information content (AvgIpc) is 2.85. The fraction of sp³-hybridized carbons (Fsp3) is 0.615. The van der Waals surface area contributed by atoms with Crippen molar-refractivity contribution in [1.82, 2.24) is 13.7 Å². The van der Waals surface area contributed by atoms with Crippen LogP contribution in [0.3, 0.4) is 0 Å². The highest BCUT2D eigenvalue weighted by molar-refractivity contribution is 7.89. The maximum absolute atomic E-state index is 12.9. The number of hydrogen-bond donors (Lipinski definition) is 0. The molecule has 0 aromatic carbocycles. The van der Waals surface area contributed by atoms with Gasteiger partial charge in [-0.15, -0.1) is 11.3 Å². The molecule has 0 radical (unpaired) electrons. The smallest absolute Gasteiger partial charge is 0.262 e. The minimum atomic E-state index is -3.61. The van der Waals surface area contributed by atoms with E-state index in [9.17, 15) is 8.42 Å². The molecule has 2 aromatic heterocycles. The van der Waals surface area contributed by atoms with Crippen LogP contribution in [0.25, 0.3) is 4.96 Å². The van der Waals surface area contributed by atoms with Crippen molar-refractivity contribution in [3.05, 3.63) is 16.7 Å². The van der Waals surface area contributed by atoms with Crippen LogP contribution in [-0.4, -0.2) is 35.2 Å². The normalized spacial score (nSPS) is 20.7. The van der Waals surface area contributed by atoms with Crippen LogP contribution >= 0.6 is 22.9 Å². The Morgan fingerprint density at radius 1 is 1.33 bits per heavy atom. The summed E-state index contributed by atoms with van der Waals surface area (Å²) in [6.07, 6.45) is 4.46. The second kappa shape index (κ2) is 5.22. The van der Waals surface area contributed by atoms with Crippen molar-refractivity contribution in [3.8, 4) is 0 Å². The Bertz CT molecular complexity index is 764. The molecule has 1 fully saturated rings. The first-order chi connectivity index (χ1) is 9.81. The fourth-order valence-corrected chi connectivity index (χ4v) is 5.62. The Balaban J connectivity index is 2.00. The largest absolute Gasteiger partial charge is 0.279 e. The van der Waals surface area contributed by atoms with Gasteiger partial charge < -0.3 is 0 Å². The Hall–Kier alpha value is -0.630. The minimum Gasteiger partial charge on any atom is -0.279 e. The summed E-state index contributed by atoms with van der Waals surface area (Å²) in [6.45, 7) is 5.44. The minimum absolute atomic E-state index is 0.0605. The average molecular weight is 348 g/mol. The lowest BCUT2D eigenvalue weighted by Gasteiger charge is -2.22. The number of halogens is 1. The van der Waals surface area contributed by atoms with Gasteiger partial charge in [-0.1, -0.05) is 25.4 Å². The molecule has 2 aromatic rings. The lowest BCUT2D eigenvalue weighted by atomic mass is 9.85. The van der Waals surface area contributed by atoms with Gasteiger partial charge in [-0.05, 0) is 24.7 Å². The van der Waals surface area contributed by atoms with Crippen LogP contribution in [-0.2, 0) is 10.0 Å². The molecule has 3 rings (SSSR count). The second-order valence-corrected chi connectivity index (χ2v) is 9.27. The number of imidazole rings is 1. The van der Waals surface area contributed by atoms with Crippen LogP contribution in [0.2, 0.25) is 5.15 Å². The molecule has 0 N–H and O–H groups in total. The van der Waals surface area contributed by atoms with Crippen LogP contribution < -0.4 is 0 Å². The van der Waals surface area contributed by atoms with E-state index in [1.54, 1.807) is 14.9 Å². The van der Waals surface area contributed by atoms with Crippen LogP contribution in [0.1, 0.15) is 33.1 Å². The summed E-state index contributed by atoms with van der Waals surface area (Å²) in [4.78, 5) is 4.73. The van der Waals surface area contributed by atoms with Crippen molar-refractivity contribution in [1.29, 1.82) is 0 Å². The van der Waals surface area contributed by atoms with E-state index in [1.807, 2.05) is 5.38 Å². The first-order valence-electron chi connectivity index (χ1n) is 6.92. The summed E-state index contributed by atoms with van der Waals surface area (Å²) >= 11 is 7.45. The van der Waals surface area contributed by atoms with Gasteiger partial charge in [0.2, 0.25) is 0 Å². The van der Waals surface area contributed by atoms with Gasteiger partial charge >= 0.3 is 0 Å². The standard InChI is InChI=1S/C13H18ClN3O2S2/c1-13(2)4-3-6-16(7-5-13)21(18,19)11-10(14)15-12-17(11)8-9-20-12/h8-9H,3-7H2,1-2H3. The van der Waals surface area contributed by atoms with Crippen molar-refractivity contribution in [2.24, 2.45) is 5.41 Å². The first-order valence-corrected chi connectivity index (χ1v) is 9.62. The van der Waals surface area contributed by atoms with Crippen LogP contribution in [0, 0.1) is 5.41 Å². The second-order valence-electron chi connectivity index (χ2n) is 6.19. The maximum atomic E-state index is 12.9. The van der Waals surface area contributed by atoms with Gasteiger partial charge in [0.25, 0.3) is 10.0 Å². The quantitative estimate of drug-likeness (QED) is 0.837. The SMILES string of the molecule is CC1(C)CCCN(S(=O)(=O)c2c(Cl)nc3sccn23)CC1. The summed E-state index contributed by atoms with van der Waals surface area (Å²) in [6, 6.07) is 0. The molecule has 0 amide bonds. The molecule has 0 atom stereocenters. The number of aromatic nitrogens is 2. The highest BCUT2D eigenvalue weighted by Crippen LogP contribution is 2.33. The van der Waals surface area contributed by atoms with E-state index >= 15 is 0 Å². The lowest BCUT2D eigenvalue weighted by Crippen LogP contribution is -2.33. The summed E-state index contributed by atoms with van der Waals surface area (Å²) in [5.74, 6) is 0. The zero-order valence-electron chi connectivity index (χ0n) is 12.0. The Kier molecular flexibility index (Phi) is 3.80. The zero-order valence-corrected chi connectivity index (χ0v) is 14.4. The molecule has 5 nitrogen and oxygen atoms in total. The number of sulfonamides is 1. The van der Waals surface area contributed by atoms with Gasteiger partial charge in [0, 0.05) is 24.7 Å². The van der Waals surface area contributed by atoms with E-state index < -0.39 is 10.0 Å². The van der Waals surface area contributed by atoms with Crippen LogP contribution in [0.4, 0.5) is 0 Å². The van der Waals surface area contributed by atoms with E-state index in [2.05, 4.69) is 18.8 Å². The first kappa shape index (κ1) is 15.3. The molecule has 21 heavy (non-hydrogen) atoms. The molecular formula is C13H18ClN3O2S2. The Labute approximate surface area is 133 Å². The van der Waals surface area contributed by atoms with E-state index in [0.717, 1.165) is 19.3 Å². The molecule has 8 heteroatoms. The topological polar surface area (TPSA) is 54.7 Å². The molecule has 116 valence electrons. The van der Waals surface area contributed by atoms with Gasteiger partial charge in [0.15, 0.2) is 15.1 Å². The van der Waals surface area contributed by atoms with Crippen molar-refractivity contribution in [3.63, 3.8) is 0 Å². The fourth-order valence-electron chi connectivity index (χ4n) is 2.73. The Morgan fingerprint density at radius 3 is 2.86 bits per heavy atom. The van der Waals surface area contributed by atoms with Gasteiger partial charge in [0.05, 0.1) is 0 Å². The Morgan fingerprint density at radius 2 is 2.10 bits per heavy atom. The molecule has 1 saturated heterocycles.